The van der Waals surface area contributed by atoms with Crippen LogP contribution in [0.4, 0.5) is 5.69 Å². The number of hydrogen-bond acceptors (Lipinski definition) is 9. The second-order valence-corrected chi connectivity index (χ2v) is 19.6. The van der Waals surface area contributed by atoms with Gasteiger partial charge in [-0.05, 0) is 104 Å². The summed E-state index contributed by atoms with van der Waals surface area (Å²) < 4.78 is 48.9. The summed E-state index contributed by atoms with van der Waals surface area (Å²) in [6, 6.07) is 12.2. The first-order valence-electron chi connectivity index (χ1n) is 20.1. The van der Waals surface area contributed by atoms with Crippen LogP contribution in [0.5, 0.6) is 5.75 Å². The van der Waals surface area contributed by atoms with Crippen LogP contribution in [0.15, 0.2) is 48.6 Å². The van der Waals surface area contributed by atoms with Gasteiger partial charge in [-0.3, -0.25) is 14.6 Å². The zero-order valence-electron chi connectivity index (χ0n) is 32.3. The van der Waals surface area contributed by atoms with Crippen LogP contribution in [-0.2, 0) is 31.3 Å². The van der Waals surface area contributed by atoms with Crippen LogP contribution in [0.1, 0.15) is 67.9 Å². The standard InChI is InChI=1S/C42H57ClN4O6S/c1-28-13-15-42(51-4,26-45-16-18-46(19-17-45)35-23-52-24-35)37-10-7-33(37)22-47-25-41(14-5-6-31-20-34(43)9-11-36(31)41)27-53-39-12-8-32(21-38(39)47)40(48)44-54(49,50)30(3)29(28)2/h8-9,11-13,15,20-21,28-30,33,35,37H,5-7,10,14,16-19,22-27H2,1-4H3,(H,44,48)/b15-13+/t28-,29-,30+,33-,37+,41-,42+/m0/s1. The minimum Gasteiger partial charge on any atom is -0.490 e. The lowest BCUT2D eigenvalue weighted by atomic mass is 9.63. The van der Waals surface area contributed by atoms with Crippen molar-refractivity contribution in [2.75, 3.05) is 77.6 Å². The van der Waals surface area contributed by atoms with Crippen molar-refractivity contribution in [3.8, 4) is 5.75 Å². The highest BCUT2D eigenvalue weighted by Crippen LogP contribution is 2.49. The number of amides is 1. The lowest BCUT2D eigenvalue weighted by Gasteiger charge is -2.52. The number of benzene rings is 2. The van der Waals surface area contributed by atoms with Gasteiger partial charge in [-0.2, -0.15) is 0 Å². The number of nitrogens with zero attached hydrogens (tertiary/aromatic N) is 3. The van der Waals surface area contributed by atoms with Gasteiger partial charge in [0.1, 0.15) is 11.4 Å². The maximum Gasteiger partial charge on any atom is 0.264 e. The summed E-state index contributed by atoms with van der Waals surface area (Å²) in [6.07, 6.45) is 9.57. The Morgan fingerprint density at radius 2 is 1.83 bits per heavy atom. The van der Waals surface area contributed by atoms with Crippen LogP contribution in [-0.4, -0.2) is 114 Å². The smallest absolute Gasteiger partial charge is 0.264 e. The number of halogens is 1. The van der Waals surface area contributed by atoms with Crippen molar-refractivity contribution in [2.24, 2.45) is 23.7 Å². The zero-order valence-corrected chi connectivity index (χ0v) is 33.8. The highest BCUT2D eigenvalue weighted by molar-refractivity contribution is 7.90. The molecule has 2 bridgehead atoms. The van der Waals surface area contributed by atoms with Gasteiger partial charge < -0.3 is 19.1 Å². The Morgan fingerprint density at radius 1 is 1.04 bits per heavy atom. The van der Waals surface area contributed by atoms with E-state index >= 15 is 0 Å². The van der Waals surface area contributed by atoms with Crippen LogP contribution in [0.3, 0.4) is 0 Å². The van der Waals surface area contributed by atoms with Gasteiger partial charge in [0.05, 0.1) is 36.8 Å². The number of carbonyl (C=O) groups excluding carboxylic acids is 1. The zero-order chi connectivity index (χ0) is 37.8. The monoisotopic (exact) mass is 780 g/mol. The maximum absolute atomic E-state index is 13.8. The number of carbonyl (C=O) groups is 1. The summed E-state index contributed by atoms with van der Waals surface area (Å²) in [6.45, 7) is 14.1. The fourth-order valence-electron chi connectivity index (χ4n) is 10.1. The van der Waals surface area contributed by atoms with Crippen molar-refractivity contribution >= 4 is 33.2 Å². The Balaban J connectivity index is 1.18. The summed E-state index contributed by atoms with van der Waals surface area (Å²) in [5.41, 5.74) is 2.88. The molecule has 8 rings (SSSR count). The number of piperazine rings is 1. The summed E-state index contributed by atoms with van der Waals surface area (Å²) in [5, 5.41) is -0.0524. The van der Waals surface area contributed by atoms with Crippen molar-refractivity contribution in [1.82, 2.24) is 14.5 Å². The second kappa shape index (κ2) is 15.0. The Labute approximate surface area is 326 Å². The number of nitrogens with one attached hydrogen (secondary N) is 1. The number of methoxy groups -OCH3 is 1. The lowest BCUT2D eigenvalue weighted by molar-refractivity contribution is -0.107. The van der Waals surface area contributed by atoms with E-state index in [-0.39, 0.29) is 23.2 Å². The highest BCUT2D eigenvalue weighted by atomic mass is 35.5. The van der Waals surface area contributed by atoms with Gasteiger partial charge in [-0.15, -0.1) is 0 Å². The quantitative estimate of drug-likeness (QED) is 0.402. The molecule has 7 atom stereocenters. The Hall–Kier alpha value is -2.67. The topological polar surface area (TPSA) is 101 Å². The van der Waals surface area contributed by atoms with E-state index in [9.17, 15) is 13.2 Å². The van der Waals surface area contributed by atoms with Crippen molar-refractivity contribution in [3.63, 3.8) is 0 Å². The molecule has 1 amide bonds. The van der Waals surface area contributed by atoms with Crippen molar-refractivity contribution < 1.29 is 27.4 Å². The Morgan fingerprint density at radius 3 is 2.54 bits per heavy atom. The van der Waals surface area contributed by atoms with E-state index < -0.39 is 26.8 Å². The first kappa shape index (κ1) is 38.2. The van der Waals surface area contributed by atoms with Gasteiger partial charge in [-0.25, -0.2) is 13.1 Å². The molecule has 1 saturated carbocycles. The first-order chi connectivity index (χ1) is 25.9. The third-order valence-corrected chi connectivity index (χ3v) is 16.3. The van der Waals surface area contributed by atoms with E-state index in [1.165, 1.54) is 11.1 Å². The van der Waals surface area contributed by atoms with Crippen LogP contribution < -0.4 is 14.4 Å². The molecule has 1 N–H and O–H groups in total. The molecule has 4 aliphatic heterocycles. The average molecular weight is 781 g/mol. The summed E-state index contributed by atoms with van der Waals surface area (Å²) >= 11 is 6.51. The maximum atomic E-state index is 13.8. The van der Waals surface area contributed by atoms with E-state index in [0.29, 0.717) is 29.9 Å². The minimum atomic E-state index is -3.99. The molecular formula is C42H57ClN4O6S. The van der Waals surface area contributed by atoms with E-state index in [0.717, 1.165) is 102 Å². The van der Waals surface area contributed by atoms with Crippen LogP contribution in [0.25, 0.3) is 0 Å². The molecule has 0 radical (unpaired) electrons. The summed E-state index contributed by atoms with van der Waals surface area (Å²) in [4.78, 5) is 21.3. The molecule has 0 unspecified atom stereocenters. The molecular weight excluding hydrogens is 724 g/mol. The van der Waals surface area contributed by atoms with Crippen molar-refractivity contribution in [3.05, 3.63) is 70.3 Å². The van der Waals surface area contributed by atoms with E-state index in [2.05, 4.69) is 50.6 Å². The molecule has 6 aliphatic rings. The van der Waals surface area contributed by atoms with Gasteiger partial charge in [0.15, 0.2) is 0 Å². The van der Waals surface area contributed by atoms with Gasteiger partial charge in [0.2, 0.25) is 10.0 Å². The van der Waals surface area contributed by atoms with Crippen LogP contribution in [0, 0.1) is 23.7 Å². The van der Waals surface area contributed by atoms with Gasteiger partial charge >= 0.3 is 0 Å². The normalized spacial score (nSPS) is 35.4. The Bertz CT molecular complexity index is 1860. The fourth-order valence-corrected chi connectivity index (χ4v) is 11.7. The predicted molar refractivity (Wildman–Crippen MR) is 212 cm³/mol. The molecule has 54 heavy (non-hydrogen) atoms. The van der Waals surface area contributed by atoms with Crippen LogP contribution in [0.2, 0.25) is 5.02 Å². The fraction of sp³-hybridized carbons (Fsp3) is 0.643. The SMILES string of the molecule is CO[C@@]1(CN2CCN(C3COC3)CC2)/C=C/[C@H](C)[C@H](C)[C@@H](C)S(=O)(=O)NC(=O)c2ccc3c(c2)N(C[C@@H]2CC[C@H]21)C[C@@]1(CCCc2cc(Cl)ccc21)CO3. The molecule has 1 spiro atoms. The second-order valence-electron chi connectivity index (χ2n) is 17.2. The first-order valence-corrected chi connectivity index (χ1v) is 22.0. The number of ether oxygens (including phenoxy) is 3. The minimum absolute atomic E-state index is 0.0727. The number of sulfonamides is 1. The number of allylic oxidation sites excluding steroid dienone is 1. The molecule has 4 heterocycles. The molecule has 3 fully saturated rings. The lowest BCUT2D eigenvalue weighted by Crippen LogP contribution is -2.61. The molecule has 2 saturated heterocycles. The van der Waals surface area contributed by atoms with Crippen molar-refractivity contribution in [2.45, 2.75) is 75.2 Å². The van der Waals surface area contributed by atoms with Gasteiger partial charge in [-0.1, -0.05) is 43.7 Å². The predicted octanol–water partition coefficient (Wildman–Crippen LogP) is 5.53. The van der Waals surface area contributed by atoms with Gasteiger partial charge in [0.25, 0.3) is 5.91 Å². The molecule has 12 heteroatoms. The van der Waals surface area contributed by atoms with Gasteiger partial charge in [0, 0.05) is 68.9 Å². The summed E-state index contributed by atoms with van der Waals surface area (Å²) in [5.74, 6) is 0.357. The van der Waals surface area contributed by atoms with E-state index in [1.54, 1.807) is 13.0 Å². The average Bonchev–Trinajstić information content (AvgIpc) is 3.27. The number of fused-ring (bicyclic) bond motifs is 4. The molecule has 294 valence electrons. The summed E-state index contributed by atoms with van der Waals surface area (Å²) in [7, 11) is -2.13. The highest BCUT2D eigenvalue weighted by Gasteiger charge is 2.50. The molecule has 2 aromatic rings. The third kappa shape index (κ3) is 7.11. The third-order valence-electron chi connectivity index (χ3n) is 14.2. The number of rotatable bonds is 4. The number of hydrogen-bond donors (Lipinski definition) is 1. The molecule has 0 aromatic heterocycles. The van der Waals surface area contributed by atoms with Crippen LogP contribution >= 0.6 is 11.6 Å². The molecule has 10 nitrogen and oxygen atoms in total. The largest absolute Gasteiger partial charge is 0.490 e. The van der Waals surface area contributed by atoms with E-state index in [1.807, 2.05) is 32.2 Å². The Kier molecular flexibility index (Phi) is 10.6. The van der Waals surface area contributed by atoms with Crippen molar-refractivity contribution in [1.29, 1.82) is 0 Å². The molecule has 2 aliphatic carbocycles. The number of anilines is 1. The number of aryl methyl sites for hydroxylation is 1. The van der Waals surface area contributed by atoms with E-state index in [4.69, 9.17) is 25.8 Å². The molecule has 2 aromatic carbocycles.